The largest absolute Gasteiger partial charge is 0.381 e. The minimum atomic E-state index is 0.600. The Hall–Kier alpha value is 0.350. The monoisotopic (exact) mass is 136 g/mol. The van der Waals surface area contributed by atoms with E-state index < -0.39 is 0 Å². The van der Waals surface area contributed by atoms with Crippen LogP contribution in [0.4, 0.5) is 0 Å². The first-order valence-electron chi connectivity index (χ1n) is 2.75. The molecule has 3 heteroatoms. The predicted octanol–water partition coefficient (Wildman–Crippen LogP) is 1.26. The van der Waals surface area contributed by atoms with Crippen molar-refractivity contribution >= 4 is 8.81 Å². The molecule has 0 amide bonds. The first-order chi connectivity index (χ1) is 3.91. The highest BCUT2D eigenvalue weighted by Crippen LogP contribution is 2.06. The van der Waals surface area contributed by atoms with Crippen LogP contribution in [0.25, 0.3) is 0 Å². The van der Waals surface area contributed by atoms with Crippen LogP contribution in [0.5, 0.6) is 0 Å². The van der Waals surface area contributed by atoms with Gasteiger partial charge in [-0.05, 0) is 6.92 Å². The fourth-order valence-corrected chi connectivity index (χ4v) is 0.792. The second kappa shape index (κ2) is 7.35. The summed E-state index contributed by atoms with van der Waals surface area (Å²) in [6, 6.07) is 0. The van der Waals surface area contributed by atoms with Gasteiger partial charge in [0.2, 0.25) is 0 Å². The molecule has 0 aliphatic rings. The Bertz CT molecular complexity index is 35.4. The maximum atomic E-state index is 5.06. The van der Waals surface area contributed by atoms with Crippen molar-refractivity contribution in [1.82, 2.24) is 0 Å². The van der Waals surface area contributed by atoms with E-state index in [0.29, 0.717) is 8.81 Å². The van der Waals surface area contributed by atoms with Crippen LogP contribution in [-0.2, 0) is 9.26 Å². The Balaban J connectivity index is 2.53. The minimum absolute atomic E-state index is 0.600. The van der Waals surface area contributed by atoms with Gasteiger partial charge in [-0.1, -0.05) is 0 Å². The normalized spacial score (nSPS) is 11.2. The number of ether oxygens (including phenoxy) is 1. The SMILES string of the molecule is CCOCCPOC. The zero-order valence-electron chi connectivity index (χ0n) is 5.44. The van der Waals surface area contributed by atoms with E-state index in [0.717, 1.165) is 19.4 Å². The molecule has 0 saturated heterocycles. The van der Waals surface area contributed by atoms with Crippen LogP contribution in [0, 0.1) is 0 Å². The van der Waals surface area contributed by atoms with Gasteiger partial charge in [0, 0.05) is 28.7 Å². The molecule has 0 bridgehead atoms. The number of rotatable bonds is 5. The summed E-state index contributed by atoms with van der Waals surface area (Å²) < 4.78 is 9.90. The maximum Gasteiger partial charge on any atom is 0.0524 e. The lowest BCUT2D eigenvalue weighted by molar-refractivity contribution is 0.163. The van der Waals surface area contributed by atoms with Crippen LogP contribution < -0.4 is 0 Å². The smallest absolute Gasteiger partial charge is 0.0524 e. The molecule has 1 unspecified atom stereocenters. The third-order valence-electron chi connectivity index (χ3n) is 0.697. The van der Waals surface area contributed by atoms with Crippen molar-refractivity contribution in [2.24, 2.45) is 0 Å². The molecule has 1 atom stereocenters. The van der Waals surface area contributed by atoms with Crippen LogP contribution in [0.2, 0.25) is 0 Å². The van der Waals surface area contributed by atoms with Crippen LogP contribution in [-0.4, -0.2) is 26.5 Å². The van der Waals surface area contributed by atoms with Gasteiger partial charge in [-0.2, -0.15) is 0 Å². The predicted molar refractivity (Wildman–Crippen MR) is 36.7 cm³/mol. The lowest BCUT2D eigenvalue weighted by Crippen LogP contribution is -1.94. The molecular formula is C5H13O2P. The van der Waals surface area contributed by atoms with Crippen LogP contribution in [0.15, 0.2) is 0 Å². The lowest BCUT2D eigenvalue weighted by Gasteiger charge is -1.97. The highest BCUT2D eigenvalue weighted by atomic mass is 31.1. The molecular weight excluding hydrogens is 123 g/mol. The topological polar surface area (TPSA) is 18.5 Å². The molecule has 0 aromatic rings. The van der Waals surface area contributed by atoms with E-state index in [4.69, 9.17) is 9.26 Å². The van der Waals surface area contributed by atoms with E-state index >= 15 is 0 Å². The Morgan fingerprint density at radius 3 is 2.75 bits per heavy atom. The van der Waals surface area contributed by atoms with Crippen molar-refractivity contribution in [3.8, 4) is 0 Å². The lowest BCUT2D eigenvalue weighted by atomic mass is 10.8. The Labute approximate surface area is 52.4 Å². The fraction of sp³-hybridized carbons (Fsp3) is 1.00. The average Bonchev–Trinajstić information content (AvgIpc) is 1.81. The Morgan fingerprint density at radius 1 is 1.50 bits per heavy atom. The zero-order valence-corrected chi connectivity index (χ0v) is 6.44. The average molecular weight is 136 g/mol. The van der Waals surface area contributed by atoms with Crippen LogP contribution in [0.1, 0.15) is 6.92 Å². The molecule has 0 aromatic heterocycles. The third kappa shape index (κ3) is 6.35. The van der Waals surface area contributed by atoms with Gasteiger partial charge in [-0.3, -0.25) is 0 Å². The van der Waals surface area contributed by atoms with Gasteiger partial charge in [0.05, 0.1) is 6.61 Å². The molecule has 0 aliphatic carbocycles. The van der Waals surface area contributed by atoms with E-state index in [2.05, 4.69) is 0 Å². The quantitative estimate of drug-likeness (QED) is 0.418. The first-order valence-corrected chi connectivity index (χ1v) is 3.87. The Morgan fingerprint density at radius 2 is 2.25 bits per heavy atom. The van der Waals surface area contributed by atoms with Crippen molar-refractivity contribution < 1.29 is 9.26 Å². The molecule has 0 aliphatic heterocycles. The second-order valence-corrected chi connectivity index (χ2v) is 2.49. The highest BCUT2D eigenvalue weighted by Gasteiger charge is 1.82. The van der Waals surface area contributed by atoms with Gasteiger partial charge in [-0.25, -0.2) is 0 Å². The molecule has 50 valence electrons. The van der Waals surface area contributed by atoms with E-state index in [1.807, 2.05) is 6.92 Å². The fourth-order valence-electron chi connectivity index (χ4n) is 0.360. The summed E-state index contributed by atoms with van der Waals surface area (Å²) in [6.45, 7) is 3.65. The minimum Gasteiger partial charge on any atom is -0.381 e. The molecule has 0 heterocycles. The summed E-state index contributed by atoms with van der Waals surface area (Å²) in [6.07, 6.45) is 1.03. The van der Waals surface area contributed by atoms with Gasteiger partial charge in [-0.15, -0.1) is 0 Å². The summed E-state index contributed by atoms with van der Waals surface area (Å²) in [5.41, 5.74) is 0. The van der Waals surface area contributed by atoms with Gasteiger partial charge in [0.15, 0.2) is 0 Å². The van der Waals surface area contributed by atoms with Crippen molar-refractivity contribution in [3.05, 3.63) is 0 Å². The van der Waals surface area contributed by atoms with Crippen LogP contribution in [0.3, 0.4) is 0 Å². The molecule has 0 radical (unpaired) electrons. The summed E-state index contributed by atoms with van der Waals surface area (Å²) in [4.78, 5) is 0. The molecule has 0 N–H and O–H groups in total. The molecule has 0 fully saturated rings. The van der Waals surface area contributed by atoms with E-state index in [-0.39, 0.29) is 0 Å². The van der Waals surface area contributed by atoms with Crippen molar-refractivity contribution in [2.45, 2.75) is 6.92 Å². The molecule has 2 nitrogen and oxygen atoms in total. The summed E-state index contributed by atoms with van der Waals surface area (Å²) >= 11 is 0. The molecule has 8 heavy (non-hydrogen) atoms. The van der Waals surface area contributed by atoms with Crippen molar-refractivity contribution in [3.63, 3.8) is 0 Å². The second-order valence-electron chi connectivity index (χ2n) is 1.30. The van der Waals surface area contributed by atoms with Gasteiger partial charge >= 0.3 is 0 Å². The third-order valence-corrected chi connectivity index (χ3v) is 1.39. The Kier molecular flexibility index (Phi) is 7.67. The van der Waals surface area contributed by atoms with Gasteiger partial charge < -0.3 is 9.26 Å². The van der Waals surface area contributed by atoms with Gasteiger partial charge in [0.1, 0.15) is 0 Å². The highest BCUT2D eigenvalue weighted by molar-refractivity contribution is 7.32. The first kappa shape index (κ1) is 8.35. The summed E-state index contributed by atoms with van der Waals surface area (Å²) in [5, 5.41) is 0. The maximum absolute atomic E-state index is 5.06. The molecule has 0 saturated carbocycles. The molecule has 0 aromatic carbocycles. The van der Waals surface area contributed by atoms with E-state index in [1.165, 1.54) is 0 Å². The summed E-state index contributed by atoms with van der Waals surface area (Å²) in [5.74, 6) is 0. The van der Waals surface area contributed by atoms with E-state index in [9.17, 15) is 0 Å². The molecule has 0 spiro atoms. The standard InChI is InChI=1S/C5H13O2P/c1-3-7-4-5-8-6-2/h8H,3-5H2,1-2H3. The molecule has 0 rings (SSSR count). The van der Waals surface area contributed by atoms with Crippen molar-refractivity contribution in [1.29, 1.82) is 0 Å². The number of hydrogen-bond acceptors (Lipinski definition) is 2. The van der Waals surface area contributed by atoms with Crippen LogP contribution >= 0.6 is 8.81 Å². The zero-order chi connectivity index (χ0) is 6.24. The van der Waals surface area contributed by atoms with Gasteiger partial charge in [0.25, 0.3) is 0 Å². The summed E-state index contributed by atoms with van der Waals surface area (Å²) in [7, 11) is 2.31. The van der Waals surface area contributed by atoms with E-state index in [1.54, 1.807) is 7.11 Å². The van der Waals surface area contributed by atoms with Crippen molar-refractivity contribution in [2.75, 3.05) is 26.5 Å². The number of hydrogen-bond donors (Lipinski definition) is 0.